The molecule has 114 valence electrons. The molecule has 0 aromatic heterocycles. The van der Waals surface area contributed by atoms with Crippen LogP contribution in [0.15, 0.2) is 0 Å². The number of carbonyl (C=O) groups excluding carboxylic acids is 1. The molecule has 3 fully saturated rings. The van der Waals surface area contributed by atoms with Gasteiger partial charge in [-0.15, -0.1) is 0 Å². The van der Waals surface area contributed by atoms with Crippen LogP contribution < -0.4 is 5.32 Å². The van der Waals surface area contributed by atoms with Crippen molar-refractivity contribution in [1.82, 2.24) is 20.0 Å². The van der Waals surface area contributed by atoms with E-state index in [4.69, 9.17) is 0 Å². The molecule has 2 heterocycles. The summed E-state index contributed by atoms with van der Waals surface area (Å²) in [6.07, 6.45) is 2.72. The lowest BCUT2D eigenvalue weighted by Gasteiger charge is -2.44. The SMILES string of the molecule is CC(C)(C(=O)N1CCN(C2CC2)CC1)N1CCNCC1. The number of nitrogens with one attached hydrogen (secondary N) is 1. The molecule has 0 bridgehead atoms. The van der Waals surface area contributed by atoms with E-state index in [1.807, 2.05) is 0 Å². The molecular formula is C15H28N4O. The topological polar surface area (TPSA) is 38.8 Å². The predicted molar refractivity (Wildman–Crippen MR) is 79.7 cm³/mol. The first-order valence-corrected chi connectivity index (χ1v) is 8.08. The predicted octanol–water partition coefficient (Wildman–Crippen LogP) is -0.0232. The Labute approximate surface area is 122 Å². The van der Waals surface area contributed by atoms with Crippen molar-refractivity contribution in [1.29, 1.82) is 0 Å². The highest BCUT2D eigenvalue weighted by Gasteiger charge is 2.40. The van der Waals surface area contributed by atoms with Crippen LogP contribution in [0.4, 0.5) is 0 Å². The Balaban J connectivity index is 1.56. The maximum atomic E-state index is 12.9. The minimum absolute atomic E-state index is 0.315. The van der Waals surface area contributed by atoms with E-state index in [1.54, 1.807) is 0 Å². The summed E-state index contributed by atoms with van der Waals surface area (Å²) in [7, 11) is 0. The molecule has 5 nitrogen and oxygen atoms in total. The fourth-order valence-corrected chi connectivity index (χ4v) is 3.48. The number of hydrogen-bond donors (Lipinski definition) is 1. The summed E-state index contributed by atoms with van der Waals surface area (Å²) in [5.41, 5.74) is -0.357. The zero-order chi connectivity index (χ0) is 14.2. The summed E-state index contributed by atoms with van der Waals surface area (Å²) in [5, 5.41) is 3.36. The zero-order valence-corrected chi connectivity index (χ0v) is 12.9. The third-order valence-corrected chi connectivity index (χ3v) is 5.10. The van der Waals surface area contributed by atoms with Gasteiger partial charge in [0.05, 0.1) is 5.54 Å². The quantitative estimate of drug-likeness (QED) is 0.788. The third kappa shape index (κ3) is 2.85. The number of piperazine rings is 2. The van der Waals surface area contributed by atoms with Crippen molar-refractivity contribution >= 4 is 5.91 Å². The first-order valence-electron chi connectivity index (χ1n) is 8.08. The molecular weight excluding hydrogens is 252 g/mol. The largest absolute Gasteiger partial charge is 0.339 e. The molecule has 20 heavy (non-hydrogen) atoms. The lowest BCUT2D eigenvalue weighted by molar-refractivity contribution is -0.145. The van der Waals surface area contributed by atoms with E-state index in [1.165, 1.54) is 12.8 Å². The molecule has 0 spiro atoms. The van der Waals surface area contributed by atoms with Gasteiger partial charge in [-0.05, 0) is 26.7 Å². The molecule has 0 unspecified atom stereocenters. The van der Waals surface area contributed by atoms with Crippen molar-refractivity contribution in [2.45, 2.75) is 38.3 Å². The van der Waals surface area contributed by atoms with Gasteiger partial charge in [0.25, 0.3) is 0 Å². The average Bonchev–Trinajstić information content (AvgIpc) is 3.32. The van der Waals surface area contributed by atoms with Crippen LogP contribution in [0.25, 0.3) is 0 Å². The molecule has 3 aliphatic rings. The second-order valence-electron chi connectivity index (χ2n) is 6.86. The Morgan fingerprint density at radius 3 is 2.15 bits per heavy atom. The van der Waals surface area contributed by atoms with Crippen LogP contribution in [-0.2, 0) is 4.79 Å². The molecule has 0 atom stereocenters. The molecule has 1 saturated carbocycles. The van der Waals surface area contributed by atoms with E-state index in [0.29, 0.717) is 5.91 Å². The normalized spacial score (nSPS) is 26.8. The lowest BCUT2D eigenvalue weighted by Crippen LogP contribution is -2.62. The van der Waals surface area contributed by atoms with Gasteiger partial charge in [0, 0.05) is 58.4 Å². The second-order valence-corrected chi connectivity index (χ2v) is 6.86. The highest BCUT2D eigenvalue weighted by atomic mass is 16.2. The van der Waals surface area contributed by atoms with Gasteiger partial charge in [-0.1, -0.05) is 0 Å². The van der Waals surface area contributed by atoms with E-state index in [9.17, 15) is 4.79 Å². The van der Waals surface area contributed by atoms with Crippen LogP contribution in [0, 0.1) is 0 Å². The zero-order valence-electron chi connectivity index (χ0n) is 12.9. The maximum absolute atomic E-state index is 12.9. The van der Waals surface area contributed by atoms with E-state index in [2.05, 4.69) is 33.9 Å². The van der Waals surface area contributed by atoms with Crippen LogP contribution in [-0.4, -0.2) is 84.5 Å². The molecule has 1 N–H and O–H groups in total. The highest BCUT2D eigenvalue weighted by molar-refractivity contribution is 5.85. The maximum Gasteiger partial charge on any atom is 0.242 e. The van der Waals surface area contributed by atoms with Crippen LogP contribution in [0.1, 0.15) is 26.7 Å². The Morgan fingerprint density at radius 1 is 1.00 bits per heavy atom. The first kappa shape index (κ1) is 14.3. The number of nitrogens with zero attached hydrogens (tertiary/aromatic N) is 3. The van der Waals surface area contributed by atoms with Crippen LogP contribution in [0.3, 0.4) is 0 Å². The molecule has 0 radical (unpaired) electrons. The van der Waals surface area contributed by atoms with Gasteiger partial charge in [-0.25, -0.2) is 0 Å². The summed E-state index contributed by atoms with van der Waals surface area (Å²) in [6, 6.07) is 0.827. The molecule has 3 rings (SSSR count). The van der Waals surface area contributed by atoms with Crippen molar-refractivity contribution in [3.8, 4) is 0 Å². The van der Waals surface area contributed by atoms with Gasteiger partial charge in [0.2, 0.25) is 5.91 Å². The summed E-state index contributed by atoms with van der Waals surface area (Å²) in [4.78, 5) is 19.8. The van der Waals surface area contributed by atoms with Gasteiger partial charge >= 0.3 is 0 Å². The van der Waals surface area contributed by atoms with Crippen molar-refractivity contribution in [3.05, 3.63) is 0 Å². The Morgan fingerprint density at radius 2 is 1.60 bits per heavy atom. The molecule has 2 saturated heterocycles. The van der Waals surface area contributed by atoms with Gasteiger partial charge in [-0.2, -0.15) is 0 Å². The highest BCUT2D eigenvalue weighted by Crippen LogP contribution is 2.28. The van der Waals surface area contributed by atoms with Crippen molar-refractivity contribution in [2.75, 3.05) is 52.4 Å². The fourth-order valence-electron chi connectivity index (χ4n) is 3.48. The summed E-state index contributed by atoms with van der Waals surface area (Å²) in [6.45, 7) is 12.1. The smallest absolute Gasteiger partial charge is 0.242 e. The van der Waals surface area contributed by atoms with Gasteiger partial charge in [0.15, 0.2) is 0 Å². The van der Waals surface area contributed by atoms with Crippen LogP contribution in [0.5, 0.6) is 0 Å². The van der Waals surface area contributed by atoms with Crippen molar-refractivity contribution < 1.29 is 4.79 Å². The Bertz CT molecular complexity index is 353. The van der Waals surface area contributed by atoms with Gasteiger partial charge < -0.3 is 10.2 Å². The minimum Gasteiger partial charge on any atom is -0.339 e. The van der Waals surface area contributed by atoms with Crippen molar-refractivity contribution in [2.24, 2.45) is 0 Å². The van der Waals surface area contributed by atoms with E-state index in [-0.39, 0.29) is 5.54 Å². The summed E-state index contributed by atoms with van der Waals surface area (Å²) < 4.78 is 0. The lowest BCUT2D eigenvalue weighted by atomic mass is 9.99. The molecule has 1 amide bonds. The molecule has 1 aliphatic carbocycles. The molecule has 0 aromatic rings. The standard InChI is InChI=1S/C15H28N4O/c1-15(2,19-7-5-16-6-8-19)14(20)18-11-9-17(10-12-18)13-3-4-13/h13,16H,3-12H2,1-2H3. The monoisotopic (exact) mass is 280 g/mol. The van der Waals surface area contributed by atoms with Gasteiger partial charge in [-0.3, -0.25) is 14.6 Å². The Kier molecular flexibility index (Phi) is 4.02. The minimum atomic E-state index is -0.357. The van der Waals surface area contributed by atoms with E-state index in [0.717, 1.165) is 58.4 Å². The van der Waals surface area contributed by atoms with Crippen LogP contribution in [0.2, 0.25) is 0 Å². The van der Waals surface area contributed by atoms with Gasteiger partial charge in [0.1, 0.15) is 0 Å². The third-order valence-electron chi connectivity index (χ3n) is 5.10. The summed E-state index contributed by atoms with van der Waals surface area (Å²) in [5.74, 6) is 0.315. The number of rotatable bonds is 3. The van der Waals surface area contributed by atoms with Crippen LogP contribution >= 0.6 is 0 Å². The first-order chi connectivity index (χ1) is 9.59. The number of hydrogen-bond acceptors (Lipinski definition) is 4. The second kappa shape index (κ2) is 5.62. The fraction of sp³-hybridized carbons (Fsp3) is 0.933. The number of carbonyl (C=O) groups is 1. The van der Waals surface area contributed by atoms with E-state index >= 15 is 0 Å². The summed E-state index contributed by atoms with van der Waals surface area (Å²) >= 11 is 0. The molecule has 2 aliphatic heterocycles. The van der Waals surface area contributed by atoms with E-state index < -0.39 is 0 Å². The molecule has 5 heteroatoms. The van der Waals surface area contributed by atoms with Crippen molar-refractivity contribution in [3.63, 3.8) is 0 Å². The number of amides is 1. The molecule has 0 aromatic carbocycles. The Hall–Kier alpha value is -0.650. The average molecular weight is 280 g/mol.